The Morgan fingerprint density at radius 3 is 2.53 bits per heavy atom. The van der Waals surface area contributed by atoms with E-state index in [1.165, 1.54) is 0 Å². The minimum absolute atomic E-state index is 0.462. The highest BCUT2D eigenvalue weighted by Gasteiger charge is 2.38. The second kappa shape index (κ2) is 10.4. The molecule has 0 fully saturated rings. The molecule has 0 saturated heterocycles. The normalized spacial score (nSPS) is 13.0. The molecule has 0 saturated carbocycles. The van der Waals surface area contributed by atoms with E-state index in [1.54, 1.807) is 18.0 Å². The maximum atomic E-state index is 10.6. The number of carbonyl (C=O) groups is 1. The van der Waals surface area contributed by atoms with Crippen LogP contribution in [0.1, 0.15) is 0 Å². The van der Waals surface area contributed by atoms with Gasteiger partial charge < -0.3 is 20.5 Å². The van der Waals surface area contributed by atoms with Gasteiger partial charge in [0.2, 0.25) is 5.95 Å². The lowest BCUT2D eigenvalue weighted by atomic mass is 10.3. The number of halogens is 4. The Hall–Kier alpha value is -3.18. The van der Waals surface area contributed by atoms with Crippen molar-refractivity contribution in [2.24, 2.45) is 0 Å². The Balaban J connectivity index is 0.000000360. The SMILES string of the molecule is Clc1cnc2nc1Nc1cccc(c1)SCCOc1cccc(c1)N2.O=C(O)C(F)(F)F. The van der Waals surface area contributed by atoms with Gasteiger partial charge in [-0.25, -0.2) is 9.78 Å². The van der Waals surface area contributed by atoms with Gasteiger partial charge in [0.05, 0.1) is 12.8 Å². The molecule has 6 bridgehead atoms. The van der Waals surface area contributed by atoms with Crippen LogP contribution in [0.25, 0.3) is 0 Å². The largest absolute Gasteiger partial charge is 0.493 e. The van der Waals surface area contributed by atoms with Gasteiger partial charge in [-0.15, -0.1) is 11.8 Å². The van der Waals surface area contributed by atoms with Crippen molar-refractivity contribution >= 4 is 52.5 Å². The molecule has 0 atom stereocenters. The molecule has 1 aromatic heterocycles. The van der Waals surface area contributed by atoms with E-state index in [9.17, 15) is 13.2 Å². The molecule has 2 aromatic carbocycles. The minimum atomic E-state index is -5.08. The smallest absolute Gasteiger partial charge is 0.490 e. The topological polar surface area (TPSA) is 96.4 Å². The van der Waals surface area contributed by atoms with Gasteiger partial charge in [0.25, 0.3) is 0 Å². The Morgan fingerprint density at radius 2 is 1.81 bits per heavy atom. The molecule has 4 rings (SSSR count). The molecular weight excluding hydrogens is 469 g/mol. The molecule has 12 heteroatoms. The molecule has 0 spiro atoms. The zero-order valence-corrected chi connectivity index (χ0v) is 17.8. The number of aromatic nitrogens is 2. The van der Waals surface area contributed by atoms with Gasteiger partial charge in [0, 0.05) is 28.1 Å². The first-order chi connectivity index (χ1) is 15.2. The fourth-order valence-corrected chi connectivity index (χ4v) is 3.35. The summed E-state index contributed by atoms with van der Waals surface area (Å²) >= 11 is 7.98. The summed E-state index contributed by atoms with van der Waals surface area (Å²) in [5.74, 6) is -0.0721. The van der Waals surface area contributed by atoms with Crippen LogP contribution in [0.15, 0.2) is 59.6 Å². The van der Waals surface area contributed by atoms with Crippen molar-refractivity contribution in [3.05, 3.63) is 59.8 Å². The molecule has 2 heterocycles. The third-order valence-electron chi connectivity index (χ3n) is 3.79. The van der Waals surface area contributed by atoms with Crippen LogP contribution in [0.2, 0.25) is 5.02 Å². The molecule has 168 valence electrons. The number of hydrogen-bond acceptors (Lipinski definition) is 7. The highest BCUT2D eigenvalue weighted by molar-refractivity contribution is 7.99. The van der Waals surface area contributed by atoms with Crippen LogP contribution in [0.4, 0.5) is 36.3 Å². The number of benzene rings is 2. The summed E-state index contributed by atoms with van der Waals surface area (Å²) in [7, 11) is 0. The zero-order chi connectivity index (χ0) is 23.1. The second-order valence-corrected chi connectivity index (χ2v) is 7.77. The van der Waals surface area contributed by atoms with Crippen LogP contribution in [0.5, 0.6) is 5.75 Å². The predicted molar refractivity (Wildman–Crippen MR) is 116 cm³/mol. The summed E-state index contributed by atoms with van der Waals surface area (Å²) < 4.78 is 37.6. The predicted octanol–water partition coefficient (Wildman–Crippen LogP) is 5.74. The van der Waals surface area contributed by atoms with E-state index >= 15 is 0 Å². The molecule has 3 aromatic rings. The Kier molecular flexibility index (Phi) is 7.65. The molecule has 1 aliphatic rings. The van der Waals surface area contributed by atoms with Gasteiger partial charge in [-0.1, -0.05) is 23.7 Å². The lowest BCUT2D eigenvalue weighted by Gasteiger charge is -2.11. The number of hydrogen-bond donors (Lipinski definition) is 3. The summed E-state index contributed by atoms with van der Waals surface area (Å²) in [6, 6.07) is 15.8. The third kappa shape index (κ3) is 6.92. The summed E-state index contributed by atoms with van der Waals surface area (Å²) in [5, 5.41) is 14.0. The molecule has 3 N–H and O–H groups in total. The van der Waals surface area contributed by atoms with Crippen LogP contribution in [-0.4, -0.2) is 39.6 Å². The monoisotopic (exact) mass is 484 g/mol. The number of fused-ring (bicyclic) bond motifs is 6. The van der Waals surface area contributed by atoms with Crippen LogP contribution in [-0.2, 0) is 4.79 Å². The molecule has 0 amide bonds. The van der Waals surface area contributed by atoms with E-state index in [2.05, 4.69) is 32.7 Å². The number of thioether (sulfide) groups is 1. The highest BCUT2D eigenvalue weighted by atomic mass is 35.5. The molecule has 0 aliphatic carbocycles. The lowest BCUT2D eigenvalue weighted by molar-refractivity contribution is -0.192. The number of ether oxygens (including phenoxy) is 1. The van der Waals surface area contributed by atoms with Crippen LogP contribution in [0.3, 0.4) is 0 Å². The van der Waals surface area contributed by atoms with Crippen LogP contribution >= 0.6 is 23.4 Å². The number of rotatable bonds is 0. The van der Waals surface area contributed by atoms with Crippen molar-refractivity contribution in [3.63, 3.8) is 0 Å². The zero-order valence-electron chi connectivity index (χ0n) is 16.2. The van der Waals surface area contributed by atoms with Gasteiger partial charge in [-0.05, 0) is 30.3 Å². The molecule has 1 aliphatic heterocycles. The fraction of sp³-hybridized carbons (Fsp3) is 0.150. The fourth-order valence-electron chi connectivity index (χ4n) is 2.43. The van der Waals surface area contributed by atoms with E-state index in [-0.39, 0.29) is 0 Å². The van der Waals surface area contributed by atoms with Crippen LogP contribution < -0.4 is 15.4 Å². The quantitative estimate of drug-likeness (QED) is 0.372. The molecule has 0 radical (unpaired) electrons. The lowest BCUT2D eigenvalue weighted by Crippen LogP contribution is -2.21. The number of aliphatic carboxylic acids is 1. The van der Waals surface area contributed by atoms with E-state index < -0.39 is 12.1 Å². The number of carboxylic acid groups (broad SMARTS) is 1. The van der Waals surface area contributed by atoms with Crippen molar-refractivity contribution in [3.8, 4) is 5.75 Å². The van der Waals surface area contributed by atoms with E-state index in [4.69, 9.17) is 26.2 Å². The maximum Gasteiger partial charge on any atom is 0.490 e. The summed E-state index contributed by atoms with van der Waals surface area (Å²) in [6.45, 7) is 0.627. The molecule has 7 nitrogen and oxygen atoms in total. The first-order valence-electron chi connectivity index (χ1n) is 9.03. The summed E-state index contributed by atoms with van der Waals surface area (Å²) in [6.07, 6.45) is -3.50. The van der Waals surface area contributed by atoms with Crippen molar-refractivity contribution in [1.82, 2.24) is 9.97 Å². The van der Waals surface area contributed by atoms with Gasteiger partial charge in [0.15, 0.2) is 5.82 Å². The second-order valence-electron chi connectivity index (χ2n) is 6.20. The van der Waals surface area contributed by atoms with Crippen molar-refractivity contribution < 1.29 is 27.8 Å². The van der Waals surface area contributed by atoms with Gasteiger partial charge in [0.1, 0.15) is 10.8 Å². The van der Waals surface area contributed by atoms with E-state index in [0.29, 0.717) is 23.4 Å². The summed E-state index contributed by atoms with van der Waals surface area (Å²) in [4.78, 5) is 18.8. The first kappa shape index (κ1) is 23.5. The molecular formula is C20H16ClF3N4O3S. The van der Waals surface area contributed by atoms with Gasteiger partial charge in [-0.2, -0.15) is 18.2 Å². The molecule has 0 unspecified atom stereocenters. The average molecular weight is 485 g/mol. The Morgan fingerprint density at radius 1 is 1.12 bits per heavy atom. The van der Waals surface area contributed by atoms with Crippen molar-refractivity contribution in [2.75, 3.05) is 23.0 Å². The standard InChI is InChI=1S/C18H15ClN4OS.C2HF3O2/c19-16-11-20-18-22-12-3-1-5-14(9-12)24-7-8-25-15-6-2-4-13(10-15)21-17(16)23-18;3-2(4,5)1(6)7/h1-6,9-11H,7-8H2,(H2,20,21,22,23);(H,6,7). The molecule has 32 heavy (non-hydrogen) atoms. The minimum Gasteiger partial charge on any atom is -0.493 e. The Bertz CT molecular complexity index is 1100. The van der Waals surface area contributed by atoms with Crippen molar-refractivity contribution in [2.45, 2.75) is 11.1 Å². The number of anilines is 4. The summed E-state index contributed by atoms with van der Waals surface area (Å²) in [5.41, 5.74) is 1.78. The number of nitrogens with zero attached hydrogens (tertiary/aromatic N) is 2. The van der Waals surface area contributed by atoms with E-state index in [1.807, 2.05) is 36.4 Å². The number of carboxylic acids is 1. The van der Waals surface area contributed by atoms with Gasteiger partial charge in [-0.3, -0.25) is 0 Å². The first-order valence-corrected chi connectivity index (χ1v) is 10.4. The maximum absolute atomic E-state index is 10.6. The Labute approximate surface area is 190 Å². The number of alkyl halides is 3. The average Bonchev–Trinajstić information content (AvgIpc) is 2.74. The third-order valence-corrected chi connectivity index (χ3v) is 5.03. The van der Waals surface area contributed by atoms with E-state index in [0.717, 1.165) is 27.8 Å². The highest BCUT2D eigenvalue weighted by Crippen LogP contribution is 2.29. The van der Waals surface area contributed by atoms with Gasteiger partial charge >= 0.3 is 12.1 Å². The number of nitrogens with one attached hydrogen (secondary N) is 2. The van der Waals surface area contributed by atoms with Crippen LogP contribution in [0, 0.1) is 0 Å². The van der Waals surface area contributed by atoms with Crippen molar-refractivity contribution in [1.29, 1.82) is 0 Å².